The molecule has 0 unspecified atom stereocenters. The minimum Gasteiger partial charge on any atom is -0.497 e. The second kappa shape index (κ2) is 10.6. The van der Waals surface area contributed by atoms with Gasteiger partial charge in [0.1, 0.15) is 17.3 Å². The number of hydrogen-bond acceptors (Lipinski definition) is 3. The van der Waals surface area contributed by atoms with Gasteiger partial charge in [0, 0.05) is 11.6 Å². The minimum absolute atomic E-state index is 0.671. The van der Waals surface area contributed by atoms with Gasteiger partial charge >= 0.3 is 0 Å². The molecule has 0 radical (unpaired) electrons. The van der Waals surface area contributed by atoms with Gasteiger partial charge < -0.3 is 14.0 Å². The van der Waals surface area contributed by atoms with Crippen molar-refractivity contribution in [3.63, 3.8) is 0 Å². The van der Waals surface area contributed by atoms with E-state index in [1.807, 2.05) is 56.3 Å². The fourth-order valence-electron chi connectivity index (χ4n) is 3.89. The highest BCUT2D eigenvalue weighted by molar-refractivity contribution is 6.32. The molecule has 0 aliphatic carbocycles. The SMILES string of the molecule is COc1ccc(/C=C/c2nc3ccccc3n2CCCCOc2cc(C)c(Cl)c(C)c2)cc1. The summed E-state index contributed by atoms with van der Waals surface area (Å²) in [5.41, 5.74) is 5.36. The maximum Gasteiger partial charge on any atom is 0.133 e. The number of ether oxygens (including phenoxy) is 2. The first-order valence-corrected chi connectivity index (χ1v) is 11.6. The Labute approximate surface area is 200 Å². The van der Waals surface area contributed by atoms with Crippen molar-refractivity contribution in [1.82, 2.24) is 9.55 Å². The molecule has 0 amide bonds. The topological polar surface area (TPSA) is 36.3 Å². The van der Waals surface area contributed by atoms with Gasteiger partial charge in [-0.2, -0.15) is 0 Å². The van der Waals surface area contributed by atoms with Crippen LogP contribution < -0.4 is 9.47 Å². The highest BCUT2D eigenvalue weighted by atomic mass is 35.5. The van der Waals surface area contributed by atoms with Crippen LogP contribution in [0.5, 0.6) is 11.5 Å². The molecule has 0 saturated carbocycles. The Hall–Kier alpha value is -3.24. The van der Waals surface area contributed by atoms with Crippen LogP contribution in [0.1, 0.15) is 35.4 Å². The third-order valence-electron chi connectivity index (χ3n) is 5.68. The molecule has 0 saturated heterocycles. The quantitative estimate of drug-likeness (QED) is 0.245. The summed E-state index contributed by atoms with van der Waals surface area (Å²) in [7, 11) is 1.68. The summed E-state index contributed by atoms with van der Waals surface area (Å²) < 4.78 is 13.5. The Morgan fingerprint density at radius 1 is 0.909 bits per heavy atom. The summed E-state index contributed by atoms with van der Waals surface area (Å²) in [6.45, 7) is 5.57. The van der Waals surface area contributed by atoms with Gasteiger partial charge in [-0.1, -0.05) is 41.9 Å². The van der Waals surface area contributed by atoms with Gasteiger partial charge in [0.2, 0.25) is 0 Å². The zero-order chi connectivity index (χ0) is 23.2. The molecule has 33 heavy (non-hydrogen) atoms. The molecule has 3 aromatic carbocycles. The van der Waals surface area contributed by atoms with E-state index in [1.54, 1.807) is 7.11 Å². The first-order valence-electron chi connectivity index (χ1n) is 11.2. The van der Waals surface area contributed by atoms with Gasteiger partial charge in [-0.15, -0.1) is 0 Å². The number of aromatic nitrogens is 2. The molecule has 4 rings (SSSR count). The summed E-state index contributed by atoms with van der Waals surface area (Å²) in [6, 6.07) is 20.3. The number of fused-ring (bicyclic) bond motifs is 1. The summed E-state index contributed by atoms with van der Waals surface area (Å²) in [5.74, 6) is 2.69. The van der Waals surface area contributed by atoms with E-state index in [0.29, 0.717) is 6.61 Å². The Kier molecular flexibility index (Phi) is 7.36. The van der Waals surface area contributed by atoms with Crippen LogP contribution in [-0.4, -0.2) is 23.3 Å². The molecule has 4 aromatic rings. The zero-order valence-electron chi connectivity index (χ0n) is 19.3. The van der Waals surface area contributed by atoms with E-state index in [0.717, 1.165) is 69.5 Å². The largest absolute Gasteiger partial charge is 0.497 e. The number of methoxy groups -OCH3 is 1. The molecule has 0 N–H and O–H groups in total. The number of para-hydroxylation sites is 2. The van der Waals surface area contributed by atoms with Crippen molar-refractivity contribution in [1.29, 1.82) is 0 Å². The van der Waals surface area contributed by atoms with Crippen LogP contribution in [0.25, 0.3) is 23.2 Å². The lowest BCUT2D eigenvalue weighted by Gasteiger charge is -2.11. The van der Waals surface area contributed by atoms with E-state index in [9.17, 15) is 0 Å². The Balaban J connectivity index is 1.41. The van der Waals surface area contributed by atoms with E-state index in [-0.39, 0.29) is 0 Å². The number of unbranched alkanes of at least 4 members (excludes halogenated alkanes) is 1. The Morgan fingerprint density at radius 2 is 1.64 bits per heavy atom. The molecular weight excluding hydrogens is 432 g/mol. The first-order chi connectivity index (χ1) is 16.0. The predicted molar refractivity (Wildman–Crippen MR) is 137 cm³/mol. The van der Waals surface area contributed by atoms with Gasteiger partial charge in [0.15, 0.2) is 0 Å². The minimum atomic E-state index is 0.671. The van der Waals surface area contributed by atoms with Crippen LogP contribution in [0.3, 0.4) is 0 Å². The van der Waals surface area contributed by atoms with Gasteiger partial charge in [0.05, 0.1) is 24.8 Å². The predicted octanol–water partition coefficient (Wildman–Crippen LogP) is 7.34. The summed E-state index contributed by atoms with van der Waals surface area (Å²) in [5, 5.41) is 0.810. The van der Waals surface area contributed by atoms with Crippen molar-refractivity contribution in [2.75, 3.05) is 13.7 Å². The highest BCUT2D eigenvalue weighted by Gasteiger charge is 2.08. The smallest absolute Gasteiger partial charge is 0.133 e. The summed E-state index contributed by atoms with van der Waals surface area (Å²) in [6.07, 6.45) is 6.12. The number of imidazole rings is 1. The molecule has 170 valence electrons. The second-order valence-corrected chi connectivity index (χ2v) is 8.52. The maximum absolute atomic E-state index is 6.26. The molecule has 0 fully saturated rings. The number of rotatable bonds is 9. The third kappa shape index (κ3) is 5.58. The zero-order valence-corrected chi connectivity index (χ0v) is 20.1. The van der Waals surface area contributed by atoms with Crippen molar-refractivity contribution in [3.05, 3.63) is 88.2 Å². The molecule has 0 aliphatic rings. The molecule has 1 aromatic heterocycles. The fourth-order valence-corrected chi connectivity index (χ4v) is 4.00. The molecule has 5 heteroatoms. The van der Waals surface area contributed by atoms with E-state index in [4.69, 9.17) is 26.1 Å². The molecule has 0 atom stereocenters. The van der Waals surface area contributed by atoms with Crippen molar-refractivity contribution in [2.45, 2.75) is 33.2 Å². The van der Waals surface area contributed by atoms with Crippen molar-refractivity contribution >= 4 is 34.8 Å². The van der Waals surface area contributed by atoms with E-state index >= 15 is 0 Å². The standard InChI is InChI=1S/C28H29ClN2O2/c1-20-18-24(19-21(2)28(20)29)33-17-7-6-16-31-26-9-5-4-8-25(26)30-27(31)15-12-22-10-13-23(32-3)14-11-22/h4-5,8-15,18-19H,6-7,16-17H2,1-3H3/b15-12+. The highest BCUT2D eigenvalue weighted by Crippen LogP contribution is 2.26. The van der Waals surface area contributed by atoms with Crippen molar-refractivity contribution in [3.8, 4) is 11.5 Å². The van der Waals surface area contributed by atoms with Crippen LogP contribution in [0.2, 0.25) is 5.02 Å². The van der Waals surface area contributed by atoms with Crippen LogP contribution in [-0.2, 0) is 6.54 Å². The van der Waals surface area contributed by atoms with Crippen LogP contribution in [0.4, 0.5) is 0 Å². The summed E-state index contributed by atoms with van der Waals surface area (Å²) in [4.78, 5) is 4.84. The van der Waals surface area contributed by atoms with Crippen LogP contribution in [0.15, 0.2) is 60.7 Å². The van der Waals surface area contributed by atoms with Gasteiger partial charge in [-0.05, 0) is 85.9 Å². The van der Waals surface area contributed by atoms with E-state index < -0.39 is 0 Å². The van der Waals surface area contributed by atoms with E-state index in [2.05, 4.69) is 34.9 Å². The molecule has 0 aliphatic heterocycles. The monoisotopic (exact) mass is 460 g/mol. The fraction of sp³-hybridized carbons (Fsp3) is 0.250. The average Bonchev–Trinajstić information content (AvgIpc) is 3.18. The number of nitrogens with zero attached hydrogens (tertiary/aromatic N) is 2. The van der Waals surface area contributed by atoms with Gasteiger partial charge in [0.25, 0.3) is 0 Å². The molecule has 0 spiro atoms. The lowest BCUT2D eigenvalue weighted by atomic mass is 10.1. The number of aryl methyl sites for hydroxylation is 3. The van der Waals surface area contributed by atoms with Crippen LogP contribution >= 0.6 is 11.6 Å². The molecular formula is C28H29ClN2O2. The lowest BCUT2D eigenvalue weighted by molar-refractivity contribution is 0.303. The molecule has 4 nitrogen and oxygen atoms in total. The molecule has 1 heterocycles. The number of benzene rings is 3. The van der Waals surface area contributed by atoms with Crippen LogP contribution in [0, 0.1) is 13.8 Å². The third-order valence-corrected chi connectivity index (χ3v) is 6.28. The Morgan fingerprint density at radius 3 is 2.36 bits per heavy atom. The first kappa shape index (κ1) is 22.9. The second-order valence-electron chi connectivity index (χ2n) is 8.14. The van der Waals surface area contributed by atoms with Gasteiger partial charge in [-0.25, -0.2) is 4.98 Å². The normalized spacial score (nSPS) is 11.4. The number of halogens is 1. The lowest BCUT2D eigenvalue weighted by Crippen LogP contribution is -2.04. The van der Waals surface area contributed by atoms with Gasteiger partial charge in [-0.3, -0.25) is 0 Å². The van der Waals surface area contributed by atoms with E-state index in [1.165, 1.54) is 0 Å². The maximum atomic E-state index is 6.26. The Bertz CT molecular complexity index is 1240. The summed E-state index contributed by atoms with van der Waals surface area (Å²) >= 11 is 6.26. The molecule has 0 bridgehead atoms. The van der Waals surface area contributed by atoms with Crippen molar-refractivity contribution in [2.24, 2.45) is 0 Å². The number of hydrogen-bond donors (Lipinski definition) is 0. The van der Waals surface area contributed by atoms with Crippen molar-refractivity contribution < 1.29 is 9.47 Å². The average molecular weight is 461 g/mol.